The van der Waals surface area contributed by atoms with Gasteiger partial charge in [-0.1, -0.05) is 64.8 Å². The first-order valence-electron chi connectivity index (χ1n) is 9.35. The van der Waals surface area contributed by atoms with E-state index in [1.807, 2.05) is 42.5 Å². The maximum atomic E-state index is 12.4. The van der Waals surface area contributed by atoms with Crippen LogP contribution in [0.4, 0.5) is 5.13 Å². The lowest BCUT2D eigenvalue weighted by Crippen LogP contribution is -2.20. The Hall–Kier alpha value is -1.70. The van der Waals surface area contributed by atoms with Crippen molar-refractivity contribution in [2.24, 2.45) is 0 Å². The van der Waals surface area contributed by atoms with Gasteiger partial charge in [-0.25, -0.2) is 4.98 Å². The number of amides is 1. The van der Waals surface area contributed by atoms with Crippen molar-refractivity contribution in [2.45, 2.75) is 33.1 Å². The van der Waals surface area contributed by atoms with Crippen LogP contribution in [-0.2, 0) is 11.2 Å². The predicted octanol–water partition coefficient (Wildman–Crippen LogP) is 7.04. The second-order valence-electron chi connectivity index (χ2n) is 6.82. The summed E-state index contributed by atoms with van der Waals surface area (Å²) >= 11 is 8.44. The average Bonchev–Trinajstić information content (AvgIpc) is 3.10. The molecule has 1 N–H and O–H groups in total. The van der Waals surface area contributed by atoms with E-state index in [4.69, 9.17) is 4.74 Å². The Kier molecular flexibility index (Phi) is 7.49. The molecule has 0 aliphatic heterocycles. The van der Waals surface area contributed by atoms with Crippen LogP contribution < -0.4 is 10.1 Å². The fraction of sp³-hybridized carbons (Fsp3) is 0.273. The summed E-state index contributed by atoms with van der Waals surface area (Å²) < 4.78 is 7.80. The average molecular weight is 538 g/mol. The van der Waals surface area contributed by atoms with E-state index < -0.39 is 0 Å². The monoisotopic (exact) mass is 536 g/mol. The third-order valence-electron chi connectivity index (χ3n) is 4.34. The molecule has 1 amide bonds. The first kappa shape index (κ1) is 22.0. The number of aryl methyl sites for hydroxylation is 1. The number of thiazole rings is 1. The molecule has 0 saturated carbocycles. The van der Waals surface area contributed by atoms with Crippen molar-refractivity contribution in [1.29, 1.82) is 0 Å². The SMILES string of the molecule is CCc1sc(NC(=O)COc2ccc(Br)cc2C(C)C)nc1-c1ccc(Br)cc1. The van der Waals surface area contributed by atoms with E-state index >= 15 is 0 Å². The van der Waals surface area contributed by atoms with E-state index in [1.165, 1.54) is 11.3 Å². The topological polar surface area (TPSA) is 51.2 Å². The molecule has 0 unspecified atom stereocenters. The van der Waals surface area contributed by atoms with Gasteiger partial charge in [-0.15, -0.1) is 11.3 Å². The number of halogens is 2. The number of nitrogens with one attached hydrogen (secondary N) is 1. The van der Waals surface area contributed by atoms with Crippen LogP contribution in [-0.4, -0.2) is 17.5 Å². The summed E-state index contributed by atoms with van der Waals surface area (Å²) in [6.45, 7) is 6.22. The van der Waals surface area contributed by atoms with E-state index in [-0.39, 0.29) is 12.5 Å². The highest BCUT2D eigenvalue weighted by atomic mass is 79.9. The Morgan fingerprint density at radius 3 is 2.48 bits per heavy atom. The molecule has 0 aliphatic carbocycles. The molecule has 2 aromatic carbocycles. The summed E-state index contributed by atoms with van der Waals surface area (Å²) in [5, 5.41) is 3.46. The zero-order valence-electron chi connectivity index (χ0n) is 16.5. The molecule has 7 heteroatoms. The van der Waals surface area contributed by atoms with Gasteiger partial charge in [-0.05, 0) is 48.2 Å². The Morgan fingerprint density at radius 1 is 1.14 bits per heavy atom. The van der Waals surface area contributed by atoms with Gasteiger partial charge < -0.3 is 4.74 Å². The normalized spacial score (nSPS) is 11.0. The second kappa shape index (κ2) is 9.87. The number of ether oxygens (including phenoxy) is 1. The smallest absolute Gasteiger partial charge is 0.264 e. The molecule has 3 rings (SSSR count). The third-order valence-corrected chi connectivity index (χ3v) is 6.47. The predicted molar refractivity (Wildman–Crippen MR) is 127 cm³/mol. The van der Waals surface area contributed by atoms with Crippen molar-refractivity contribution in [2.75, 3.05) is 11.9 Å². The molecule has 0 atom stereocenters. The second-order valence-corrected chi connectivity index (χ2v) is 9.74. The lowest BCUT2D eigenvalue weighted by molar-refractivity contribution is -0.118. The number of carbonyl (C=O) groups excluding carboxylic acids is 1. The van der Waals surface area contributed by atoms with E-state index in [0.717, 1.165) is 42.8 Å². The largest absolute Gasteiger partial charge is 0.483 e. The van der Waals surface area contributed by atoms with Gasteiger partial charge in [-0.3, -0.25) is 10.1 Å². The zero-order valence-corrected chi connectivity index (χ0v) is 20.4. The molecule has 0 spiro atoms. The van der Waals surface area contributed by atoms with Gasteiger partial charge in [0.2, 0.25) is 0 Å². The van der Waals surface area contributed by atoms with Gasteiger partial charge in [0.05, 0.1) is 5.69 Å². The molecule has 0 radical (unpaired) electrons. The number of hydrogen-bond donors (Lipinski definition) is 1. The van der Waals surface area contributed by atoms with Crippen molar-refractivity contribution in [3.05, 3.63) is 61.9 Å². The lowest BCUT2D eigenvalue weighted by atomic mass is 10.0. The van der Waals surface area contributed by atoms with E-state index in [0.29, 0.717) is 11.0 Å². The van der Waals surface area contributed by atoms with Crippen molar-refractivity contribution in [3.63, 3.8) is 0 Å². The maximum absolute atomic E-state index is 12.4. The van der Waals surface area contributed by atoms with Crippen molar-refractivity contribution >= 4 is 54.2 Å². The van der Waals surface area contributed by atoms with E-state index in [1.54, 1.807) is 0 Å². The standard InChI is InChI=1S/C22H22Br2N2O2S/c1-4-19-21(14-5-7-15(23)8-6-14)26-22(29-19)25-20(27)12-28-18-10-9-16(24)11-17(18)13(2)3/h5-11,13H,4,12H2,1-3H3,(H,25,26,27). The van der Waals surface area contributed by atoms with Crippen LogP contribution in [0.3, 0.4) is 0 Å². The van der Waals surface area contributed by atoms with Gasteiger partial charge in [0.1, 0.15) is 5.75 Å². The van der Waals surface area contributed by atoms with Gasteiger partial charge in [0, 0.05) is 19.4 Å². The molecule has 29 heavy (non-hydrogen) atoms. The molecular weight excluding hydrogens is 516 g/mol. The highest BCUT2D eigenvalue weighted by molar-refractivity contribution is 9.10. The lowest BCUT2D eigenvalue weighted by Gasteiger charge is -2.14. The Morgan fingerprint density at radius 2 is 1.83 bits per heavy atom. The quantitative estimate of drug-likeness (QED) is 0.351. The zero-order chi connectivity index (χ0) is 21.0. The number of rotatable bonds is 7. The first-order valence-corrected chi connectivity index (χ1v) is 11.7. The molecule has 4 nitrogen and oxygen atoms in total. The summed E-state index contributed by atoms with van der Waals surface area (Å²) in [6.07, 6.45) is 0.853. The molecule has 0 saturated heterocycles. The maximum Gasteiger partial charge on any atom is 0.264 e. The van der Waals surface area contributed by atoms with Gasteiger partial charge in [-0.2, -0.15) is 0 Å². The minimum Gasteiger partial charge on any atom is -0.483 e. The number of hydrogen-bond acceptors (Lipinski definition) is 4. The van der Waals surface area contributed by atoms with Crippen LogP contribution in [0.1, 0.15) is 37.1 Å². The van der Waals surface area contributed by atoms with Crippen molar-refractivity contribution in [1.82, 2.24) is 4.98 Å². The van der Waals surface area contributed by atoms with Crippen LogP contribution in [0.2, 0.25) is 0 Å². The first-order chi connectivity index (χ1) is 13.9. The van der Waals surface area contributed by atoms with E-state index in [2.05, 4.69) is 62.9 Å². The molecule has 3 aromatic rings. The molecule has 0 fully saturated rings. The van der Waals surface area contributed by atoms with Crippen LogP contribution in [0.25, 0.3) is 11.3 Å². The van der Waals surface area contributed by atoms with Crippen molar-refractivity contribution < 1.29 is 9.53 Å². The summed E-state index contributed by atoms with van der Waals surface area (Å²) in [6, 6.07) is 13.9. The fourth-order valence-corrected chi connectivity index (χ4v) is 4.46. The molecule has 0 bridgehead atoms. The number of benzene rings is 2. The third kappa shape index (κ3) is 5.68. The number of aromatic nitrogens is 1. The number of carbonyl (C=O) groups is 1. The number of anilines is 1. The molecule has 1 aromatic heterocycles. The Bertz CT molecular complexity index is 1000. The Labute approximate surface area is 192 Å². The molecular formula is C22H22Br2N2O2S. The molecule has 0 aliphatic rings. The van der Waals surface area contributed by atoms with Gasteiger partial charge >= 0.3 is 0 Å². The van der Waals surface area contributed by atoms with Gasteiger partial charge in [0.25, 0.3) is 5.91 Å². The van der Waals surface area contributed by atoms with Crippen LogP contribution in [0, 0.1) is 0 Å². The van der Waals surface area contributed by atoms with E-state index in [9.17, 15) is 4.79 Å². The summed E-state index contributed by atoms with van der Waals surface area (Å²) in [5.74, 6) is 0.800. The number of nitrogens with zero attached hydrogens (tertiary/aromatic N) is 1. The summed E-state index contributed by atoms with van der Waals surface area (Å²) in [7, 11) is 0. The summed E-state index contributed by atoms with van der Waals surface area (Å²) in [4.78, 5) is 18.2. The summed E-state index contributed by atoms with van der Waals surface area (Å²) in [5.41, 5.74) is 3.01. The molecule has 152 valence electrons. The highest BCUT2D eigenvalue weighted by Crippen LogP contribution is 2.33. The highest BCUT2D eigenvalue weighted by Gasteiger charge is 2.15. The van der Waals surface area contributed by atoms with Crippen LogP contribution in [0.15, 0.2) is 51.4 Å². The fourth-order valence-electron chi connectivity index (χ4n) is 2.88. The minimum atomic E-state index is -0.221. The van der Waals surface area contributed by atoms with Gasteiger partial charge in [0.15, 0.2) is 11.7 Å². The van der Waals surface area contributed by atoms with Crippen LogP contribution in [0.5, 0.6) is 5.75 Å². The molecule has 1 heterocycles. The van der Waals surface area contributed by atoms with Crippen LogP contribution >= 0.6 is 43.2 Å². The van der Waals surface area contributed by atoms with Crippen molar-refractivity contribution in [3.8, 4) is 17.0 Å². The Balaban J connectivity index is 1.69. The minimum absolute atomic E-state index is 0.0595.